The first kappa shape index (κ1) is 18.0. The van der Waals surface area contributed by atoms with Crippen LogP contribution in [0.3, 0.4) is 0 Å². The Morgan fingerprint density at radius 1 is 1.31 bits per heavy atom. The number of amides is 2. The Morgan fingerprint density at radius 2 is 2.14 bits per heavy atom. The number of anilines is 3. The van der Waals surface area contributed by atoms with Crippen LogP contribution in [0.15, 0.2) is 35.8 Å². The van der Waals surface area contributed by atoms with Crippen LogP contribution in [0.5, 0.6) is 0 Å². The summed E-state index contributed by atoms with van der Waals surface area (Å²) in [5.74, 6) is 0.447. The molecule has 8 nitrogen and oxygen atoms in total. The number of hydrogen-bond acceptors (Lipinski definition) is 6. The van der Waals surface area contributed by atoms with E-state index in [0.29, 0.717) is 34.0 Å². The fraction of sp³-hybridized carbons (Fsp3) is 0.300. The van der Waals surface area contributed by atoms with Crippen LogP contribution in [0.1, 0.15) is 31.4 Å². The summed E-state index contributed by atoms with van der Waals surface area (Å²) in [6.45, 7) is 0.391. The Labute approximate surface area is 169 Å². The van der Waals surface area contributed by atoms with Crippen molar-refractivity contribution in [1.29, 1.82) is 0 Å². The van der Waals surface area contributed by atoms with E-state index in [4.69, 9.17) is 4.74 Å². The van der Waals surface area contributed by atoms with Crippen molar-refractivity contribution in [3.63, 3.8) is 0 Å². The molecule has 1 N–H and O–H groups in total. The van der Waals surface area contributed by atoms with Gasteiger partial charge in [-0.3, -0.25) is 0 Å². The van der Waals surface area contributed by atoms with Crippen molar-refractivity contribution in [3.8, 4) is 0 Å². The summed E-state index contributed by atoms with van der Waals surface area (Å²) >= 11 is 0. The van der Waals surface area contributed by atoms with Gasteiger partial charge in [-0.2, -0.15) is 0 Å². The molecule has 2 aliphatic rings. The van der Waals surface area contributed by atoms with Crippen LogP contribution in [0, 0.1) is 0 Å². The molecular formula is C20H18N4O4S. The molecule has 0 spiro atoms. The maximum absolute atomic E-state index is 12.8. The first-order chi connectivity index (χ1) is 14.1. The van der Waals surface area contributed by atoms with Crippen LogP contribution < -0.4 is 15.3 Å². The molecule has 1 atom stereocenters. The van der Waals surface area contributed by atoms with Crippen LogP contribution in [0.2, 0.25) is 0 Å². The van der Waals surface area contributed by atoms with Gasteiger partial charge in [-0.1, -0.05) is 18.9 Å². The van der Waals surface area contributed by atoms with Crippen molar-refractivity contribution in [1.82, 2.24) is 9.97 Å². The number of thiophene rings is 1. The lowest BCUT2D eigenvalue weighted by molar-refractivity contribution is -0.233. The van der Waals surface area contributed by atoms with Gasteiger partial charge in [0.2, 0.25) is 0 Å². The van der Waals surface area contributed by atoms with Gasteiger partial charge in [-0.25, -0.2) is 19.7 Å². The third-order valence-electron chi connectivity index (χ3n) is 5.26. The predicted molar refractivity (Wildman–Crippen MR) is 107 cm³/mol. The number of carboxylic acid groups (broad SMARTS) is 1. The molecule has 0 radical (unpaired) electrons. The van der Waals surface area contributed by atoms with Crippen molar-refractivity contribution in [2.24, 2.45) is 0 Å². The highest BCUT2D eigenvalue weighted by Crippen LogP contribution is 2.46. The smallest absolute Gasteiger partial charge is 0.332 e. The second-order valence-electron chi connectivity index (χ2n) is 7.10. The van der Waals surface area contributed by atoms with Crippen LogP contribution in [0.25, 0.3) is 10.2 Å². The standard InChI is InChI=1S/C20H18N4O4S/c25-19-23-14-11-29(20(26)27)18-17(14)15(8-9-21-18)24(19)16-7-3-4-12(22-16)10-28-13-5-1-2-6-13/h3-4,7-9,11,13H,1-2,5-6,10H2,(H-,23,25,26,27). The molecule has 1 saturated carbocycles. The van der Waals surface area contributed by atoms with E-state index < -0.39 is 21.8 Å². The predicted octanol–water partition coefficient (Wildman–Crippen LogP) is 3.71. The zero-order valence-corrected chi connectivity index (χ0v) is 16.3. The summed E-state index contributed by atoms with van der Waals surface area (Å²) in [4.78, 5) is 35.0. The minimum Gasteiger partial charge on any atom is -0.500 e. The van der Waals surface area contributed by atoms with Crippen LogP contribution in [-0.4, -0.2) is 27.4 Å². The SMILES string of the molecule is O=C1Nc2c[s+](C(=O)[O-])c3nccc(c23)N1c1cccc(COC2CCCC2)n1. The highest BCUT2D eigenvalue weighted by Gasteiger charge is 2.34. The number of carbonyl (C=O) groups is 2. The van der Waals surface area contributed by atoms with E-state index in [-0.39, 0.29) is 6.10 Å². The van der Waals surface area contributed by atoms with Gasteiger partial charge >= 0.3 is 11.3 Å². The third kappa shape index (κ3) is 3.12. The van der Waals surface area contributed by atoms with Crippen molar-refractivity contribution >= 4 is 49.2 Å². The maximum Gasteiger partial charge on any atom is 0.332 e. The molecule has 2 amide bonds. The lowest BCUT2D eigenvalue weighted by Crippen LogP contribution is -2.34. The Hall–Kier alpha value is -3.04. The monoisotopic (exact) mass is 410 g/mol. The van der Waals surface area contributed by atoms with Gasteiger partial charge in [0.15, 0.2) is 5.38 Å². The minimum atomic E-state index is -1.30. The van der Waals surface area contributed by atoms with Crippen LogP contribution >= 0.6 is 10.5 Å². The van der Waals surface area contributed by atoms with E-state index in [0.717, 1.165) is 18.5 Å². The average molecular weight is 410 g/mol. The Balaban J connectivity index is 1.52. The number of rotatable bonds is 5. The van der Waals surface area contributed by atoms with Gasteiger partial charge in [-0.05, 0) is 31.0 Å². The van der Waals surface area contributed by atoms with E-state index in [1.54, 1.807) is 12.1 Å². The quantitative estimate of drug-likeness (QED) is 0.643. The molecule has 5 rings (SSSR count). The summed E-state index contributed by atoms with van der Waals surface area (Å²) in [6, 6.07) is 6.74. The van der Waals surface area contributed by atoms with E-state index >= 15 is 0 Å². The first-order valence-corrected chi connectivity index (χ1v) is 10.7. The van der Waals surface area contributed by atoms with Crippen molar-refractivity contribution < 1.29 is 19.4 Å². The van der Waals surface area contributed by atoms with Crippen molar-refractivity contribution in [3.05, 3.63) is 41.5 Å². The average Bonchev–Trinajstić information content (AvgIpc) is 3.36. The van der Waals surface area contributed by atoms with E-state index in [1.165, 1.54) is 29.3 Å². The molecule has 4 heterocycles. The molecule has 1 unspecified atom stereocenters. The number of carbonyl (C=O) groups excluding carboxylic acids is 2. The zero-order chi connectivity index (χ0) is 20.0. The molecule has 1 aliphatic heterocycles. The van der Waals surface area contributed by atoms with E-state index in [1.807, 2.05) is 12.1 Å². The fourth-order valence-electron chi connectivity index (χ4n) is 3.93. The second kappa shape index (κ2) is 7.09. The normalized spacial score (nSPS) is 17.0. The molecule has 1 fully saturated rings. The van der Waals surface area contributed by atoms with Gasteiger partial charge in [0.25, 0.3) is 4.83 Å². The van der Waals surface area contributed by atoms with Crippen LogP contribution in [-0.2, 0) is 11.3 Å². The maximum atomic E-state index is 12.8. The highest BCUT2D eigenvalue weighted by atomic mass is 32.2. The van der Waals surface area contributed by atoms with E-state index in [2.05, 4.69) is 15.3 Å². The molecule has 0 saturated heterocycles. The first-order valence-electron chi connectivity index (χ1n) is 9.46. The largest absolute Gasteiger partial charge is 0.500 e. The molecule has 3 aromatic heterocycles. The lowest BCUT2D eigenvalue weighted by atomic mass is 10.2. The Kier molecular flexibility index (Phi) is 4.40. The Bertz CT molecular complexity index is 1120. The molecule has 0 bridgehead atoms. The highest BCUT2D eigenvalue weighted by molar-refractivity contribution is 7.54. The van der Waals surface area contributed by atoms with Crippen LogP contribution in [0.4, 0.5) is 26.8 Å². The zero-order valence-electron chi connectivity index (χ0n) is 15.5. The Morgan fingerprint density at radius 3 is 2.93 bits per heavy atom. The van der Waals surface area contributed by atoms with Gasteiger partial charge in [-0.15, -0.1) is 0 Å². The molecular weight excluding hydrogens is 392 g/mol. The summed E-state index contributed by atoms with van der Waals surface area (Å²) < 4.78 is 5.94. The molecule has 29 heavy (non-hydrogen) atoms. The number of aromatic nitrogens is 2. The number of urea groups is 1. The third-order valence-corrected chi connectivity index (χ3v) is 6.82. The van der Waals surface area contributed by atoms with Gasteiger partial charge in [0.1, 0.15) is 16.9 Å². The van der Waals surface area contributed by atoms with Gasteiger partial charge < -0.3 is 20.0 Å². The molecule has 9 heteroatoms. The topological polar surface area (TPSA) is 107 Å². The van der Waals surface area contributed by atoms with Crippen molar-refractivity contribution in [2.45, 2.75) is 38.4 Å². The number of ether oxygens (including phenoxy) is 1. The number of nitrogens with zero attached hydrogens (tertiary/aromatic N) is 3. The second-order valence-corrected chi connectivity index (χ2v) is 8.73. The minimum absolute atomic E-state index is 0.275. The molecule has 1 aliphatic carbocycles. The molecule has 148 valence electrons. The number of pyridine rings is 2. The number of nitrogens with one attached hydrogen (secondary N) is 1. The summed E-state index contributed by atoms with van der Waals surface area (Å²) in [5, 5.41) is 15.1. The molecule has 3 aromatic rings. The molecule has 0 aromatic carbocycles. The van der Waals surface area contributed by atoms with Crippen molar-refractivity contribution in [2.75, 3.05) is 10.2 Å². The number of hydrogen-bond donors (Lipinski definition) is 1. The van der Waals surface area contributed by atoms with Gasteiger partial charge in [0, 0.05) is 6.20 Å². The lowest BCUT2D eigenvalue weighted by Gasteiger charge is -2.26. The fourth-order valence-corrected chi connectivity index (χ4v) is 5.32. The van der Waals surface area contributed by atoms with Gasteiger partial charge in [0.05, 0.1) is 34.6 Å². The summed E-state index contributed by atoms with van der Waals surface area (Å²) in [5.41, 5.74) is 1.75. The van der Waals surface area contributed by atoms with E-state index in [9.17, 15) is 14.7 Å². The summed E-state index contributed by atoms with van der Waals surface area (Å²) in [6.07, 6.45) is 6.33. The summed E-state index contributed by atoms with van der Waals surface area (Å²) in [7, 11) is -1.30.